The van der Waals surface area contributed by atoms with E-state index in [2.05, 4.69) is 10.4 Å². The summed E-state index contributed by atoms with van der Waals surface area (Å²) in [5, 5.41) is 4.25. The Hall–Kier alpha value is -0.410. The first kappa shape index (κ1) is 7.25. The summed E-state index contributed by atoms with van der Waals surface area (Å²) in [5.74, 6) is 0.639. The van der Waals surface area contributed by atoms with Gasteiger partial charge in [-0.1, -0.05) is 0 Å². The van der Waals surface area contributed by atoms with Crippen molar-refractivity contribution in [2.45, 2.75) is 18.8 Å². The molecule has 1 aliphatic heterocycles. The van der Waals surface area contributed by atoms with Crippen molar-refractivity contribution < 1.29 is 4.74 Å². The standard InChI is InChI=1S/C8H10NOS/c1-4-10-5-2-7(1)8-9-3-6-11-8/h3,7H,1-2,4-5H2. The molecule has 0 bridgehead atoms. The predicted molar refractivity (Wildman–Crippen MR) is 43.7 cm³/mol. The predicted octanol–water partition coefficient (Wildman–Crippen LogP) is 1.84. The minimum absolute atomic E-state index is 0.639. The number of thiazole rings is 1. The number of rotatable bonds is 1. The highest BCUT2D eigenvalue weighted by atomic mass is 32.1. The number of hydrogen-bond donors (Lipinski definition) is 0. The van der Waals surface area contributed by atoms with Crippen LogP contribution in [0.25, 0.3) is 0 Å². The van der Waals surface area contributed by atoms with E-state index in [1.807, 2.05) is 0 Å². The van der Waals surface area contributed by atoms with Gasteiger partial charge in [-0.15, -0.1) is 11.3 Å². The van der Waals surface area contributed by atoms with Crippen molar-refractivity contribution in [1.82, 2.24) is 4.98 Å². The van der Waals surface area contributed by atoms with Crippen LogP contribution in [0.1, 0.15) is 23.8 Å². The van der Waals surface area contributed by atoms with Crippen molar-refractivity contribution in [3.05, 3.63) is 16.6 Å². The fourth-order valence-corrected chi connectivity index (χ4v) is 2.07. The van der Waals surface area contributed by atoms with Gasteiger partial charge in [0.25, 0.3) is 0 Å². The van der Waals surface area contributed by atoms with Crippen LogP contribution < -0.4 is 0 Å². The molecule has 0 spiro atoms. The van der Waals surface area contributed by atoms with Gasteiger partial charge in [0, 0.05) is 25.3 Å². The molecule has 0 atom stereocenters. The first-order valence-corrected chi connectivity index (χ1v) is 4.68. The topological polar surface area (TPSA) is 22.1 Å². The Morgan fingerprint density at radius 2 is 2.36 bits per heavy atom. The first-order valence-electron chi connectivity index (χ1n) is 3.86. The zero-order chi connectivity index (χ0) is 7.52. The average molecular weight is 168 g/mol. The first-order chi connectivity index (χ1) is 5.47. The summed E-state index contributed by atoms with van der Waals surface area (Å²) in [6.45, 7) is 1.79. The molecule has 1 aromatic rings. The summed E-state index contributed by atoms with van der Waals surface area (Å²) < 4.78 is 5.26. The van der Waals surface area contributed by atoms with Crippen LogP contribution in [-0.4, -0.2) is 18.2 Å². The maximum atomic E-state index is 5.26. The van der Waals surface area contributed by atoms with E-state index in [4.69, 9.17) is 4.74 Å². The molecular weight excluding hydrogens is 158 g/mol. The van der Waals surface area contributed by atoms with Gasteiger partial charge in [0.1, 0.15) is 0 Å². The van der Waals surface area contributed by atoms with Crippen LogP contribution in [0.5, 0.6) is 0 Å². The fraction of sp³-hybridized carbons (Fsp3) is 0.625. The average Bonchev–Trinajstić information content (AvgIpc) is 2.58. The summed E-state index contributed by atoms with van der Waals surface area (Å²) in [7, 11) is 0. The second-order valence-electron chi connectivity index (χ2n) is 2.70. The highest BCUT2D eigenvalue weighted by molar-refractivity contribution is 7.09. The Balaban J connectivity index is 2.04. The molecule has 1 fully saturated rings. The van der Waals surface area contributed by atoms with Crippen molar-refractivity contribution in [3.63, 3.8) is 0 Å². The Morgan fingerprint density at radius 3 is 3.00 bits per heavy atom. The number of ether oxygens (including phenoxy) is 1. The SMILES string of the molecule is [c]1cnc(C2CCOCC2)s1. The molecule has 2 nitrogen and oxygen atoms in total. The van der Waals surface area contributed by atoms with Crippen LogP contribution in [0, 0.1) is 5.38 Å². The number of nitrogens with zero attached hydrogens (tertiary/aromatic N) is 1. The van der Waals surface area contributed by atoms with E-state index in [0.717, 1.165) is 26.1 Å². The Kier molecular flexibility index (Phi) is 2.19. The minimum Gasteiger partial charge on any atom is -0.381 e. The van der Waals surface area contributed by atoms with E-state index in [1.165, 1.54) is 5.01 Å². The largest absolute Gasteiger partial charge is 0.381 e. The molecule has 0 unspecified atom stereocenters. The summed E-state index contributed by atoms with van der Waals surface area (Å²) in [4.78, 5) is 4.25. The van der Waals surface area contributed by atoms with E-state index in [1.54, 1.807) is 17.5 Å². The summed E-state index contributed by atoms with van der Waals surface area (Å²) in [6.07, 6.45) is 4.01. The maximum absolute atomic E-state index is 5.26. The molecule has 0 saturated carbocycles. The van der Waals surface area contributed by atoms with Crippen LogP contribution in [0.3, 0.4) is 0 Å². The Bertz CT molecular complexity index is 204. The summed E-state index contributed by atoms with van der Waals surface area (Å²) >= 11 is 1.64. The smallest absolute Gasteiger partial charge is 0.0964 e. The van der Waals surface area contributed by atoms with Gasteiger partial charge in [-0.2, -0.15) is 0 Å². The van der Waals surface area contributed by atoms with Crippen LogP contribution in [-0.2, 0) is 4.74 Å². The van der Waals surface area contributed by atoms with E-state index < -0.39 is 0 Å². The number of aromatic nitrogens is 1. The lowest BCUT2D eigenvalue weighted by molar-refractivity contribution is 0.0853. The maximum Gasteiger partial charge on any atom is 0.0964 e. The summed E-state index contributed by atoms with van der Waals surface area (Å²) in [6, 6.07) is 0. The molecule has 0 aromatic carbocycles. The molecule has 0 amide bonds. The second-order valence-corrected chi connectivity index (χ2v) is 3.56. The van der Waals surface area contributed by atoms with Crippen LogP contribution in [0.15, 0.2) is 6.20 Å². The molecular formula is C8H10NOS. The number of hydrogen-bond acceptors (Lipinski definition) is 3. The second kappa shape index (κ2) is 3.32. The van der Waals surface area contributed by atoms with Crippen LogP contribution in [0.4, 0.5) is 0 Å². The van der Waals surface area contributed by atoms with Crippen molar-refractivity contribution in [2.24, 2.45) is 0 Å². The third kappa shape index (κ3) is 1.60. The molecule has 1 aromatic heterocycles. The highest BCUT2D eigenvalue weighted by Crippen LogP contribution is 2.27. The lowest BCUT2D eigenvalue weighted by Gasteiger charge is -2.19. The van der Waals surface area contributed by atoms with E-state index in [9.17, 15) is 0 Å². The quantitative estimate of drug-likeness (QED) is 0.638. The molecule has 59 valence electrons. The van der Waals surface area contributed by atoms with Gasteiger partial charge in [-0.25, -0.2) is 4.98 Å². The fourth-order valence-electron chi connectivity index (χ4n) is 1.34. The highest BCUT2D eigenvalue weighted by Gasteiger charge is 2.17. The van der Waals surface area contributed by atoms with Gasteiger partial charge >= 0.3 is 0 Å². The molecule has 11 heavy (non-hydrogen) atoms. The van der Waals surface area contributed by atoms with Crippen LogP contribution in [0.2, 0.25) is 0 Å². The molecule has 0 N–H and O–H groups in total. The third-order valence-corrected chi connectivity index (χ3v) is 2.85. The van der Waals surface area contributed by atoms with Gasteiger partial charge in [-0.3, -0.25) is 0 Å². The molecule has 2 heterocycles. The van der Waals surface area contributed by atoms with Gasteiger partial charge in [0.2, 0.25) is 0 Å². The molecule has 2 rings (SSSR count). The van der Waals surface area contributed by atoms with Crippen molar-refractivity contribution in [2.75, 3.05) is 13.2 Å². The molecule has 1 saturated heterocycles. The van der Waals surface area contributed by atoms with Crippen molar-refractivity contribution in [3.8, 4) is 0 Å². The normalized spacial score (nSPS) is 20.4. The molecule has 1 radical (unpaired) electrons. The van der Waals surface area contributed by atoms with Gasteiger partial charge in [0.15, 0.2) is 0 Å². The van der Waals surface area contributed by atoms with E-state index in [-0.39, 0.29) is 0 Å². The zero-order valence-electron chi connectivity index (χ0n) is 6.25. The lowest BCUT2D eigenvalue weighted by Crippen LogP contribution is -2.13. The lowest BCUT2D eigenvalue weighted by atomic mass is 10.0. The van der Waals surface area contributed by atoms with E-state index in [0.29, 0.717) is 5.92 Å². The summed E-state index contributed by atoms with van der Waals surface area (Å²) in [5.41, 5.74) is 0. The Morgan fingerprint density at radius 1 is 1.55 bits per heavy atom. The zero-order valence-corrected chi connectivity index (χ0v) is 7.06. The third-order valence-electron chi connectivity index (χ3n) is 1.98. The van der Waals surface area contributed by atoms with E-state index >= 15 is 0 Å². The monoisotopic (exact) mass is 168 g/mol. The van der Waals surface area contributed by atoms with Gasteiger partial charge < -0.3 is 4.74 Å². The van der Waals surface area contributed by atoms with Gasteiger partial charge in [0.05, 0.1) is 10.4 Å². The van der Waals surface area contributed by atoms with Crippen LogP contribution >= 0.6 is 11.3 Å². The van der Waals surface area contributed by atoms with Crippen molar-refractivity contribution in [1.29, 1.82) is 0 Å². The Labute approximate surface area is 70.2 Å². The molecule has 0 aliphatic carbocycles. The molecule has 1 aliphatic rings. The van der Waals surface area contributed by atoms with Gasteiger partial charge in [-0.05, 0) is 12.8 Å². The van der Waals surface area contributed by atoms with Crippen molar-refractivity contribution >= 4 is 11.3 Å². The minimum atomic E-state index is 0.639. The molecule has 3 heteroatoms.